The van der Waals surface area contributed by atoms with E-state index in [1.165, 1.54) is 11.3 Å². The smallest absolute Gasteiger partial charge is 0.274 e. The van der Waals surface area contributed by atoms with Crippen molar-refractivity contribution in [2.45, 2.75) is 45.2 Å². The lowest BCUT2D eigenvalue weighted by molar-refractivity contribution is -0.125. The molecule has 8 heteroatoms. The number of hydrogen-bond donors (Lipinski definition) is 2. The topological polar surface area (TPSA) is 74.3 Å². The van der Waals surface area contributed by atoms with Crippen molar-refractivity contribution in [3.05, 3.63) is 40.4 Å². The second-order valence-corrected chi connectivity index (χ2v) is 7.88. The number of carbonyl (C=O) groups is 2. The van der Waals surface area contributed by atoms with E-state index in [0.29, 0.717) is 28.8 Å². The maximum absolute atomic E-state index is 12.9. The van der Waals surface area contributed by atoms with Gasteiger partial charge in [0.2, 0.25) is 5.91 Å². The molecule has 2 aromatic rings. The van der Waals surface area contributed by atoms with Gasteiger partial charge < -0.3 is 15.5 Å². The summed E-state index contributed by atoms with van der Waals surface area (Å²) in [5.74, 6) is -0.292. The molecule has 6 nitrogen and oxygen atoms in total. The summed E-state index contributed by atoms with van der Waals surface area (Å²) in [5.41, 5.74) is 1.08. The third-order valence-electron chi connectivity index (χ3n) is 4.66. The Bertz CT molecular complexity index is 826. The molecule has 0 saturated carbocycles. The van der Waals surface area contributed by atoms with Crippen LogP contribution in [0.15, 0.2) is 29.6 Å². The van der Waals surface area contributed by atoms with E-state index in [4.69, 9.17) is 11.6 Å². The summed E-state index contributed by atoms with van der Waals surface area (Å²) in [4.78, 5) is 31.4. The monoisotopic (exact) mass is 406 g/mol. The van der Waals surface area contributed by atoms with E-state index in [0.717, 1.165) is 18.5 Å². The number of nitrogens with zero attached hydrogens (tertiary/aromatic N) is 2. The first-order valence-corrected chi connectivity index (χ1v) is 10.3. The van der Waals surface area contributed by atoms with Crippen LogP contribution >= 0.6 is 22.9 Å². The van der Waals surface area contributed by atoms with Crippen molar-refractivity contribution in [3.63, 3.8) is 0 Å². The zero-order chi connectivity index (χ0) is 19.4. The predicted octanol–water partition coefficient (Wildman–Crippen LogP) is 4.06. The number of likely N-dealkylation sites (tertiary alicyclic amines) is 1. The SMILES string of the molecule is CC[C@@H](C)NC(=O)[C@H]1CCCN1C(=O)c1csc(Nc2ccccc2Cl)n1. The molecule has 144 valence electrons. The molecular formula is C19H23ClN4O2S. The van der Waals surface area contributed by atoms with Crippen LogP contribution in [0.4, 0.5) is 10.8 Å². The van der Waals surface area contributed by atoms with E-state index in [1.807, 2.05) is 32.0 Å². The molecule has 27 heavy (non-hydrogen) atoms. The Morgan fingerprint density at radius 2 is 2.19 bits per heavy atom. The Labute approximate surface area is 167 Å². The van der Waals surface area contributed by atoms with Gasteiger partial charge in [0.25, 0.3) is 5.91 Å². The number of amides is 2. The van der Waals surface area contributed by atoms with E-state index < -0.39 is 6.04 Å². The standard InChI is InChI=1S/C19H23ClN4O2S/c1-3-12(2)21-17(25)16-9-6-10-24(16)18(26)15-11-27-19(23-15)22-14-8-5-4-7-13(14)20/h4-5,7-8,11-12,16H,3,6,9-10H2,1-2H3,(H,21,25)(H,22,23)/t12-,16-/m1/s1. The summed E-state index contributed by atoms with van der Waals surface area (Å²) in [7, 11) is 0. The van der Waals surface area contributed by atoms with Gasteiger partial charge in [-0.3, -0.25) is 9.59 Å². The Balaban J connectivity index is 1.69. The summed E-state index contributed by atoms with van der Waals surface area (Å²) in [6.07, 6.45) is 2.36. The zero-order valence-corrected chi connectivity index (χ0v) is 16.9. The number of para-hydroxylation sites is 1. The number of halogens is 1. The lowest BCUT2D eigenvalue weighted by Gasteiger charge is -2.24. The van der Waals surface area contributed by atoms with Crippen LogP contribution in [0.25, 0.3) is 0 Å². The van der Waals surface area contributed by atoms with E-state index in [2.05, 4.69) is 15.6 Å². The minimum Gasteiger partial charge on any atom is -0.352 e. The van der Waals surface area contributed by atoms with Crippen molar-refractivity contribution >= 4 is 45.6 Å². The van der Waals surface area contributed by atoms with Crippen molar-refractivity contribution in [2.75, 3.05) is 11.9 Å². The minimum absolute atomic E-state index is 0.0835. The first-order valence-electron chi connectivity index (χ1n) is 9.08. The minimum atomic E-state index is -0.423. The highest BCUT2D eigenvalue weighted by Gasteiger charge is 2.35. The Kier molecular flexibility index (Phi) is 6.34. The third-order valence-corrected chi connectivity index (χ3v) is 5.74. The van der Waals surface area contributed by atoms with E-state index in [9.17, 15) is 9.59 Å². The van der Waals surface area contributed by atoms with Crippen LogP contribution in [0.5, 0.6) is 0 Å². The molecule has 1 aliphatic heterocycles. The number of nitrogens with one attached hydrogen (secondary N) is 2. The molecule has 2 amide bonds. The number of anilines is 2. The van der Waals surface area contributed by atoms with Crippen molar-refractivity contribution in [1.82, 2.24) is 15.2 Å². The fraction of sp³-hybridized carbons (Fsp3) is 0.421. The van der Waals surface area contributed by atoms with E-state index >= 15 is 0 Å². The van der Waals surface area contributed by atoms with Crippen LogP contribution in [-0.4, -0.2) is 40.3 Å². The highest BCUT2D eigenvalue weighted by atomic mass is 35.5. The summed E-state index contributed by atoms with van der Waals surface area (Å²) in [6.45, 7) is 4.56. The van der Waals surface area contributed by atoms with Crippen LogP contribution in [-0.2, 0) is 4.79 Å². The zero-order valence-electron chi connectivity index (χ0n) is 15.4. The number of benzene rings is 1. The van der Waals surface area contributed by atoms with Gasteiger partial charge >= 0.3 is 0 Å². The summed E-state index contributed by atoms with van der Waals surface area (Å²) in [6, 6.07) is 7.03. The van der Waals surface area contributed by atoms with Crippen molar-refractivity contribution < 1.29 is 9.59 Å². The largest absolute Gasteiger partial charge is 0.352 e. The molecule has 0 unspecified atom stereocenters. The van der Waals surface area contributed by atoms with Gasteiger partial charge in [-0.1, -0.05) is 30.7 Å². The quantitative estimate of drug-likeness (QED) is 0.758. The molecule has 0 bridgehead atoms. The number of thiazole rings is 1. The summed E-state index contributed by atoms with van der Waals surface area (Å²) in [5, 5.41) is 8.99. The van der Waals surface area contributed by atoms with Gasteiger partial charge in [-0.05, 0) is 38.3 Å². The second-order valence-electron chi connectivity index (χ2n) is 6.62. The first-order chi connectivity index (χ1) is 13.0. The number of carbonyl (C=O) groups excluding carboxylic acids is 2. The third kappa shape index (κ3) is 4.59. The Morgan fingerprint density at radius 3 is 2.93 bits per heavy atom. The molecule has 1 aliphatic rings. The average molecular weight is 407 g/mol. The van der Waals surface area contributed by atoms with Gasteiger partial charge in [0.1, 0.15) is 11.7 Å². The van der Waals surface area contributed by atoms with Gasteiger partial charge in [-0.25, -0.2) is 4.98 Å². The molecule has 0 aliphatic carbocycles. The summed E-state index contributed by atoms with van der Waals surface area (Å²) < 4.78 is 0. The molecule has 0 radical (unpaired) electrons. The second kappa shape index (κ2) is 8.71. The molecule has 2 N–H and O–H groups in total. The molecule has 0 spiro atoms. The van der Waals surface area contributed by atoms with Gasteiger partial charge in [0, 0.05) is 18.0 Å². The maximum atomic E-state index is 12.9. The lowest BCUT2D eigenvalue weighted by atomic mass is 10.1. The van der Waals surface area contributed by atoms with Crippen LogP contribution < -0.4 is 10.6 Å². The molecule has 3 rings (SSSR count). The summed E-state index contributed by atoms with van der Waals surface area (Å²) >= 11 is 7.48. The molecular weight excluding hydrogens is 384 g/mol. The lowest BCUT2D eigenvalue weighted by Crippen LogP contribution is -2.48. The molecule has 2 atom stereocenters. The van der Waals surface area contributed by atoms with E-state index in [-0.39, 0.29) is 17.9 Å². The molecule has 1 aromatic heterocycles. The van der Waals surface area contributed by atoms with Crippen LogP contribution in [0.1, 0.15) is 43.6 Å². The fourth-order valence-electron chi connectivity index (χ4n) is 2.98. The molecule has 1 saturated heterocycles. The van der Waals surface area contributed by atoms with Crippen LogP contribution in [0, 0.1) is 0 Å². The van der Waals surface area contributed by atoms with Crippen LogP contribution in [0.2, 0.25) is 5.02 Å². The van der Waals surface area contributed by atoms with Crippen molar-refractivity contribution in [3.8, 4) is 0 Å². The fourth-order valence-corrected chi connectivity index (χ4v) is 3.86. The first kappa shape index (κ1) is 19.6. The number of aromatic nitrogens is 1. The number of hydrogen-bond acceptors (Lipinski definition) is 5. The number of rotatable bonds is 6. The maximum Gasteiger partial charge on any atom is 0.274 e. The van der Waals surface area contributed by atoms with Crippen LogP contribution in [0.3, 0.4) is 0 Å². The normalized spacial score (nSPS) is 17.6. The molecule has 1 fully saturated rings. The highest BCUT2D eigenvalue weighted by molar-refractivity contribution is 7.14. The highest BCUT2D eigenvalue weighted by Crippen LogP contribution is 2.28. The molecule has 2 heterocycles. The van der Waals surface area contributed by atoms with Gasteiger partial charge in [0.05, 0.1) is 10.7 Å². The van der Waals surface area contributed by atoms with Gasteiger partial charge in [0.15, 0.2) is 5.13 Å². The average Bonchev–Trinajstić information content (AvgIpc) is 3.32. The van der Waals surface area contributed by atoms with Crippen molar-refractivity contribution in [2.24, 2.45) is 0 Å². The predicted molar refractivity (Wildman–Crippen MR) is 109 cm³/mol. The van der Waals surface area contributed by atoms with E-state index in [1.54, 1.807) is 16.3 Å². The van der Waals surface area contributed by atoms with Gasteiger partial charge in [-0.2, -0.15) is 0 Å². The Morgan fingerprint density at radius 1 is 1.41 bits per heavy atom. The van der Waals surface area contributed by atoms with Crippen molar-refractivity contribution in [1.29, 1.82) is 0 Å². The van der Waals surface area contributed by atoms with Gasteiger partial charge in [-0.15, -0.1) is 11.3 Å². The molecule has 1 aromatic carbocycles. The Hall–Kier alpha value is -2.12.